The van der Waals surface area contributed by atoms with Gasteiger partial charge < -0.3 is 0 Å². The quantitative estimate of drug-likeness (QED) is 0.432. The Morgan fingerprint density at radius 3 is 2.10 bits per heavy atom. The van der Waals surface area contributed by atoms with E-state index in [1.807, 2.05) is 0 Å². The summed E-state index contributed by atoms with van der Waals surface area (Å²) in [6, 6.07) is 15.7. The molecule has 0 aliphatic carbocycles. The number of thiophene rings is 1. The number of rotatable bonds is 4. The highest BCUT2D eigenvalue weighted by Gasteiger charge is 2.27. The van der Waals surface area contributed by atoms with Crippen molar-refractivity contribution in [2.45, 2.75) is 14.0 Å². The Labute approximate surface area is 177 Å². The van der Waals surface area contributed by atoms with Gasteiger partial charge in [-0.15, -0.1) is 11.3 Å². The molecule has 2 aromatic heterocycles. The van der Waals surface area contributed by atoms with Gasteiger partial charge in [0.25, 0.3) is 0 Å². The van der Waals surface area contributed by atoms with Crippen LogP contribution >= 0.6 is 22.9 Å². The molecule has 4 rings (SSSR count). The monoisotopic (exact) mass is 463 g/mol. The number of sulfone groups is 2. The molecule has 0 saturated carbocycles. The normalized spacial score (nSPS) is 12.3. The first-order chi connectivity index (χ1) is 13.7. The van der Waals surface area contributed by atoms with Gasteiger partial charge >= 0.3 is 0 Å². The van der Waals surface area contributed by atoms with E-state index >= 15 is 0 Å². The smallest absolute Gasteiger partial charge is 0.216 e. The Bertz CT molecular complexity index is 1420. The maximum absolute atomic E-state index is 13.4. The van der Waals surface area contributed by atoms with Gasteiger partial charge in [-0.2, -0.15) is 0 Å². The Morgan fingerprint density at radius 1 is 0.862 bits per heavy atom. The second kappa shape index (κ2) is 7.21. The number of nitrogens with zero attached hydrogens (tertiary/aromatic N) is 1. The highest BCUT2D eigenvalue weighted by molar-refractivity contribution is 7.93. The molecule has 0 spiro atoms. The second-order valence-electron chi connectivity index (χ2n) is 6.37. The summed E-state index contributed by atoms with van der Waals surface area (Å²) in [6.45, 7) is 0. The molecule has 4 aromatic rings. The standard InChI is InChI=1S/C20H14ClNO4S3/c1-28(23,24)15-8-4-13(5-9-15)18-17-3-2-12-22-19(17)27-20(18)29(25,26)16-10-6-14(21)7-11-16/h2-12H,1H3. The van der Waals surface area contributed by atoms with Crippen molar-refractivity contribution < 1.29 is 16.8 Å². The van der Waals surface area contributed by atoms with Gasteiger partial charge in [-0.25, -0.2) is 21.8 Å². The van der Waals surface area contributed by atoms with E-state index in [9.17, 15) is 16.8 Å². The van der Waals surface area contributed by atoms with Crippen LogP contribution in [0.4, 0.5) is 0 Å². The molecule has 0 fully saturated rings. The Kier molecular flexibility index (Phi) is 4.98. The molecule has 9 heteroatoms. The van der Waals surface area contributed by atoms with E-state index in [2.05, 4.69) is 4.98 Å². The molecule has 29 heavy (non-hydrogen) atoms. The van der Waals surface area contributed by atoms with Crippen LogP contribution in [0.1, 0.15) is 0 Å². The van der Waals surface area contributed by atoms with Gasteiger partial charge in [-0.05, 0) is 54.1 Å². The number of fused-ring (bicyclic) bond motifs is 1. The lowest BCUT2D eigenvalue weighted by Crippen LogP contribution is -2.01. The zero-order chi connectivity index (χ0) is 20.8. The van der Waals surface area contributed by atoms with Crippen molar-refractivity contribution in [2.24, 2.45) is 0 Å². The molecule has 0 N–H and O–H groups in total. The molecule has 0 unspecified atom stereocenters. The van der Waals surface area contributed by atoms with Crippen molar-refractivity contribution in [3.05, 3.63) is 71.9 Å². The Morgan fingerprint density at radius 2 is 1.48 bits per heavy atom. The van der Waals surface area contributed by atoms with Gasteiger partial charge in [0.15, 0.2) is 9.84 Å². The molecule has 0 bridgehead atoms. The minimum absolute atomic E-state index is 0.127. The third kappa shape index (κ3) is 3.69. The fourth-order valence-corrected chi connectivity index (χ4v) is 6.79. The lowest BCUT2D eigenvalue weighted by atomic mass is 10.1. The SMILES string of the molecule is CS(=O)(=O)c1ccc(-c2c(S(=O)(=O)c3ccc(Cl)cc3)sc3ncccc23)cc1. The number of hydrogen-bond acceptors (Lipinski definition) is 6. The van der Waals surface area contributed by atoms with E-state index in [1.54, 1.807) is 30.5 Å². The van der Waals surface area contributed by atoms with Crippen molar-refractivity contribution in [3.8, 4) is 11.1 Å². The van der Waals surface area contributed by atoms with Gasteiger partial charge in [0.1, 0.15) is 9.04 Å². The number of aromatic nitrogens is 1. The fourth-order valence-electron chi connectivity index (χ4n) is 2.96. The summed E-state index contributed by atoms with van der Waals surface area (Å²) in [6.07, 6.45) is 2.73. The van der Waals surface area contributed by atoms with Crippen LogP contribution in [0.25, 0.3) is 21.3 Å². The Balaban J connectivity index is 1.98. The van der Waals surface area contributed by atoms with Crippen LogP contribution in [0.2, 0.25) is 5.02 Å². The molecule has 0 aliphatic rings. The van der Waals surface area contributed by atoms with Gasteiger partial charge in [-0.1, -0.05) is 23.7 Å². The average molecular weight is 464 g/mol. The largest absolute Gasteiger partial charge is 0.245 e. The topological polar surface area (TPSA) is 81.2 Å². The predicted molar refractivity (Wildman–Crippen MR) is 115 cm³/mol. The van der Waals surface area contributed by atoms with Crippen LogP contribution in [0.5, 0.6) is 0 Å². The number of benzene rings is 2. The highest BCUT2D eigenvalue weighted by atomic mass is 35.5. The van der Waals surface area contributed by atoms with Crippen LogP contribution in [0.15, 0.2) is 80.9 Å². The predicted octanol–water partition coefficient (Wildman–Crippen LogP) is 4.85. The molecule has 2 heterocycles. The number of halogens is 1. The van der Waals surface area contributed by atoms with Crippen molar-refractivity contribution in [1.29, 1.82) is 0 Å². The molecular formula is C20H14ClNO4S3. The number of pyridine rings is 1. The minimum atomic E-state index is -3.83. The molecule has 2 aromatic carbocycles. The fraction of sp³-hybridized carbons (Fsp3) is 0.0500. The summed E-state index contributed by atoms with van der Waals surface area (Å²) >= 11 is 6.98. The zero-order valence-electron chi connectivity index (χ0n) is 15.0. The van der Waals surface area contributed by atoms with Crippen LogP contribution < -0.4 is 0 Å². The van der Waals surface area contributed by atoms with Crippen molar-refractivity contribution in [3.63, 3.8) is 0 Å². The van der Waals surface area contributed by atoms with Gasteiger partial charge in [0, 0.05) is 28.4 Å². The first-order valence-corrected chi connectivity index (χ1v) is 12.9. The average Bonchev–Trinajstić information content (AvgIpc) is 3.08. The third-order valence-electron chi connectivity index (χ3n) is 4.37. The van der Waals surface area contributed by atoms with E-state index < -0.39 is 19.7 Å². The van der Waals surface area contributed by atoms with Crippen molar-refractivity contribution in [2.75, 3.05) is 6.26 Å². The van der Waals surface area contributed by atoms with Gasteiger partial charge in [0.2, 0.25) is 9.84 Å². The maximum atomic E-state index is 13.4. The van der Waals surface area contributed by atoms with Crippen LogP contribution in [-0.2, 0) is 19.7 Å². The molecule has 5 nitrogen and oxygen atoms in total. The molecule has 0 amide bonds. The van der Waals surface area contributed by atoms with Gasteiger partial charge in [-0.3, -0.25) is 0 Å². The van der Waals surface area contributed by atoms with E-state index in [4.69, 9.17) is 11.6 Å². The highest BCUT2D eigenvalue weighted by Crippen LogP contribution is 2.43. The number of hydrogen-bond donors (Lipinski definition) is 0. The lowest BCUT2D eigenvalue weighted by molar-refractivity contribution is 0.597. The molecule has 0 saturated heterocycles. The molecule has 0 radical (unpaired) electrons. The maximum Gasteiger partial charge on any atom is 0.216 e. The van der Waals surface area contributed by atoms with Crippen molar-refractivity contribution in [1.82, 2.24) is 4.98 Å². The van der Waals surface area contributed by atoms with E-state index in [0.717, 1.165) is 17.6 Å². The van der Waals surface area contributed by atoms with Crippen LogP contribution in [0, 0.1) is 0 Å². The Hall–Kier alpha value is -2.26. The molecule has 0 aliphatic heterocycles. The van der Waals surface area contributed by atoms with Crippen LogP contribution in [-0.4, -0.2) is 28.1 Å². The zero-order valence-corrected chi connectivity index (χ0v) is 18.2. The summed E-state index contributed by atoms with van der Waals surface area (Å²) < 4.78 is 50.4. The molecular weight excluding hydrogens is 450 g/mol. The minimum Gasteiger partial charge on any atom is -0.245 e. The van der Waals surface area contributed by atoms with E-state index in [-0.39, 0.29) is 14.0 Å². The van der Waals surface area contributed by atoms with Gasteiger partial charge in [0.05, 0.1) is 9.79 Å². The first-order valence-electron chi connectivity index (χ1n) is 8.36. The van der Waals surface area contributed by atoms with E-state index in [0.29, 0.717) is 26.4 Å². The van der Waals surface area contributed by atoms with Crippen LogP contribution in [0.3, 0.4) is 0 Å². The van der Waals surface area contributed by atoms with E-state index in [1.165, 1.54) is 36.4 Å². The molecule has 148 valence electrons. The third-order valence-corrected chi connectivity index (χ3v) is 9.16. The molecule has 0 atom stereocenters. The summed E-state index contributed by atoms with van der Waals surface area (Å²) in [7, 11) is -7.19. The summed E-state index contributed by atoms with van der Waals surface area (Å²) in [4.78, 5) is 5.18. The van der Waals surface area contributed by atoms with Crippen molar-refractivity contribution >= 4 is 52.8 Å². The summed E-state index contributed by atoms with van der Waals surface area (Å²) in [5, 5.41) is 1.13. The summed E-state index contributed by atoms with van der Waals surface area (Å²) in [5.74, 6) is 0. The lowest BCUT2D eigenvalue weighted by Gasteiger charge is -2.08. The first kappa shape index (κ1) is 20.0. The second-order valence-corrected chi connectivity index (χ2v) is 12.0. The summed E-state index contributed by atoms with van der Waals surface area (Å²) in [5.41, 5.74) is 1.11.